The molecule has 1 fully saturated rings. The second-order valence-corrected chi connectivity index (χ2v) is 2.08. The highest BCUT2D eigenvalue weighted by Gasteiger charge is 2.21. The highest BCUT2D eigenvalue weighted by Crippen LogP contribution is 2.05. The van der Waals surface area contributed by atoms with Gasteiger partial charge in [-0.2, -0.15) is 0 Å². The predicted molar refractivity (Wildman–Crippen MR) is 28.3 cm³/mol. The summed E-state index contributed by atoms with van der Waals surface area (Å²) in [7, 11) is 3.85. The Morgan fingerprint density at radius 1 is 1.57 bits per heavy atom. The third-order valence-electron chi connectivity index (χ3n) is 1.36. The summed E-state index contributed by atoms with van der Waals surface area (Å²) < 4.78 is 5.01. The van der Waals surface area contributed by atoms with Crippen LogP contribution in [0, 0.1) is 0 Å². The number of rotatable bonds is 1. The molecule has 0 aromatic rings. The van der Waals surface area contributed by atoms with Gasteiger partial charge in [-0.25, -0.2) is 0 Å². The van der Waals surface area contributed by atoms with Crippen LogP contribution >= 0.6 is 0 Å². The van der Waals surface area contributed by atoms with Crippen molar-refractivity contribution in [3.63, 3.8) is 0 Å². The van der Waals surface area contributed by atoms with E-state index in [1.165, 1.54) is 0 Å². The van der Waals surface area contributed by atoms with Crippen molar-refractivity contribution in [2.24, 2.45) is 0 Å². The largest absolute Gasteiger partial charge is 0.379 e. The maximum absolute atomic E-state index is 5.01. The summed E-state index contributed by atoms with van der Waals surface area (Å²) in [5.74, 6) is 0. The summed E-state index contributed by atoms with van der Waals surface area (Å²) in [5, 5.41) is 0. The summed E-state index contributed by atoms with van der Waals surface area (Å²) in [6.07, 6.45) is 0.519. The minimum Gasteiger partial charge on any atom is -0.379 e. The molecule has 1 saturated heterocycles. The molecule has 0 aliphatic carbocycles. The zero-order valence-electron chi connectivity index (χ0n) is 4.85. The van der Waals surface area contributed by atoms with Crippen LogP contribution in [0.4, 0.5) is 0 Å². The Bertz CT molecular complexity index is 59.1. The van der Waals surface area contributed by atoms with E-state index in [-0.39, 0.29) is 0 Å². The molecule has 1 heterocycles. The first-order chi connectivity index (χ1) is 3.33. The Labute approximate surface area is 44.1 Å². The highest BCUT2D eigenvalue weighted by atomic mass is 16.5. The van der Waals surface area contributed by atoms with E-state index in [9.17, 15) is 0 Å². The van der Waals surface area contributed by atoms with Crippen LogP contribution in [0.1, 0.15) is 0 Å². The second kappa shape index (κ2) is 1.80. The quantitative estimate of drug-likeness (QED) is 0.459. The number of likely N-dealkylation sites (tertiary alicyclic amines) is 1. The topological polar surface area (TPSA) is 12.5 Å². The van der Waals surface area contributed by atoms with Crippen molar-refractivity contribution < 1.29 is 4.74 Å². The maximum Gasteiger partial charge on any atom is 0.0824 e. The van der Waals surface area contributed by atoms with E-state index in [0.29, 0.717) is 6.10 Å². The summed E-state index contributed by atoms with van der Waals surface area (Å²) in [6, 6.07) is 0. The molecule has 1 aliphatic heterocycles. The van der Waals surface area contributed by atoms with Crippen molar-refractivity contribution in [3.05, 3.63) is 0 Å². The van der Waals surface area contributed by atoms with Gasteiger partial charge in [-0.15, -0.1) is 0 Å². The molecule has 0 atom stereocenters. The van der Waals surface area contributed by atoms with Crippen molar-refractivity contribution in [1.29, 1.82) is 0 Å². The van der Waals surface area contributed by atoms with E-state index in [2.05, 4.69) is 11.9 Å². The number of nitrogens with zero attached hydrogens (tertiary/aromatic N) is 1. The minimum absolute atomic E-state index is 0.519. The van der Waals surface area contributed by atoms with Gasteiger partial charge in [0.05, 0.1) is 6.10 Å². The third-order valence-corrected chi connectivity index (χ3v) is 1.36. The van der Waals surface area contributed by atoms with Crippen LogP contribution in [0.25, 0.3) is 0 Å². The number of ether oxygens (including phenoxy) is 1. The molecule has 0 radical (unpaired) electrons. The van der Waals surface area contributed by atoms with Crippen molar-refractivity contribution in [2.45, 2.75) is 6.10 Å². The molecule has 1 rings (SSSR count). The minimum atomic E-state index is 0.519. The average molecular weight is 101 g/mol. The maximum atomic E-state index is 5.01. The highest BCUT2D eigenvalue weighted by molar-refractivity contribution is 4.76. The molecule has 0 N–H and O–H groups in total. The summed E-state index contributed by atoms with van der Waals surface area (Å²) in [5.41, 5.74) is 0. The van der Waals surface area contributed by atoms with Crippen LogP contribution in [-0.2, 0) is 4.74 Å². The van der Waals surface area contributed by atoms with Crippen LogP contribution in [0.5, 0.6) is 0 Å². The van der Waals surface area contributed by atoms with Gasteiger partial charge in [0, 0.05) is 20.2 Å². The Balaban J connectivity index is 2.06. The molecule has 42 valence electrons. The molecule has 7 heavy (non-hydrogen) atoms. The first-order valence-corrected chi connectivity index (χ1v) is 2.54. The van der Waals surface area contributed by atoms with Gasteiger partial charge in [0.25, 0.3) is 0 Å². The van der Waals surface area contributed by atoms with Gasteiger partial charge in [0.15, 0.2) is 0 Å². The third kappa shape index (κ3) is 0.924. The number of hydrogen-bond donors (Lipinski definition) is 0. The molecule has 0 aromatic heterocycles. The zero-order valence-corrected chi connectivity index (χ0v) is 4.85. The molecule has 2 heteroatoms. The van der Waals surface area contributed by atoms with Crippen molar-refractivity contribution >= 4 is 0 Å². The van der Waals surface area contributed by atoms with E-state index < -0.39 is 0 Å². The van der Waals surface area contributed by atoms with E-state index in [1.807, 2.05) is 0 Å². The Hall–Kier alpha value is -0.0800. The van der Waals surface area contributed by atoms with Crippen molar-refractivity contribution in [3.8, 4) is 0 Å². The Morgan fingerprint density at radius 2 is 2.14 bits per heavy atom. The van der Waals surface area contributed by atoms with E-state index in [1.54, 1.807) is 7.11 Å². The summed E-state index contributed by atoms with van der Waals surface area (Å²) >= 11 is 0. The molecule has 2 nitrogen and oxygen atoms in total. The van der Waals surface area contributed by atoms with E-state index in [0.717, 1.165) is 13.1 Å². The van der Waals surface area contributed by atoms with Gasteiger partial charge < -0.3 is 9.64 Å². The lowest BCUT2D eigenvalue weighted by Crippen LogP contribution is -2.48. The standard InChI is InChI=1S/C5H11NO/c1-6-3-5(4-6)7-2/h5H,3-4H2,1-2H3. The second-order valence-electron chi connectivity index (χ2n) is 2.08. The molecule has 0 bridgehead atoms. The molecule has 1 aliphatic rings. The van der Waals surface area contributed by atoms with E-state index in [4.69, 9.17) is 4.74 Å². The number of likely N-dealkylation sites (N-methyl/N-ethyl adjacent to an activating group) is 1. The summed E-state index contributed by atoms with van der Waals surface area (Å²) in [6.45, 7) is 2.22. The SMILES string of the molecule is COC1CN(C)C1. The van der Waals surface area contributed by atoms with Crippen molar-refractivity contribution in [1.82, 2.24) is 4.90 Å². The molecular weight excluding hydrogens is 90.1 g/mol. The van der Waals surface area contributed by atoms with Crippen LogP contribution in [0.15, 0.2) is 0 Å². The van der Waals surface area contributed by atoms with Gasteiger partial charge in [0.1, 0.15) is 0 Å². The summed E-state index contributed by atoms with van der Waals surface area (Å²) in [4.78, 5) is 2.23. The fourth-order valence-corrected chi connectivity index (χ4v) is 0.791. The van der Waals surface area contributed by atoms with Gasteiger partial charge in [-0.3, -0.25) is 0 Å². The Kier molecular flexibility index (Phi) is 1.30. The van der Waals surface area contributed by atoms with Gasteiger partial charge >= 0.3 is 0 Å². The molecule has 0 spiro atoms. The number of hydrogen-bond acceptors (Lipinski definition) is 2. The molecule has 0 saturated carbocycles. The lowest BCUT2D eigenvalue weighted by molar-refractivity contribution is -0.0155. The first-order valence-electron chi connectivity index (χ1n) is 2.54. The monoisotopic (exact) mass is 101 g/mol. The lowest BCUT2D eigenvalue weighted by Gasteiger charge is -2.34. The van der Waals surface area contributed by atoms with Gasteiger partial charge in [0.2, 0.25) is 0 Å². The predicted octanol–water partition coefficient (Wildman–Crippen LogP) is -0.0532. The first kappa shape index (κ1) is 5.06. The van der Waals surface area contributed by atoms with Crippen molar-refractivity contribution in [2.75, 3.05) is 27.2 Å². The van der Waals surface area contributed by atoms with Crippen LogP contribution in [0.3, 0.4) is 0 Å². The molecule has 0 aromatic carbocycles. The molecule has 0 unspecified atom stereocenters. The van der Waals surface area contributed by atoms with E-state index >= 15 is 0 Å². The Morgan fingerprint density at radius 3 is 2.29 bits per heavy atom. The van der Waals surface area contributed by atoms with Gasteiger partial charge in [-0.1, -0.05) is 0 Å². The average Bonchev–Trinajstić information content (AvgIpc) is 1.58. The van der Waals surface area contributed by atoms with Gasteiger partial charge in [-0.05, 0) is 7.05 Å². The normalized spacial score (nSPS) is 24.9. The van der Waals surface area contributed by atoms with Crippen LogP contribution in [0.2, 0.25) is 0 Å². The number of methoxy groups -OCH3 is 1. The zero-order chi connectivity index (χ0) is 5.28. The fraction of sp³-hybridized carbons (Fsp3) is 1.00. The molecule has 0 amide bonds. The van der Waals surface area contributed by atoms with Crippen LogP contribution < -0.4 is 0 Å². The van der Waals surface area contributed by atoms with Crippen LogP contribution in [-0.4, -0.2) is 38.3 Å². The smallest absolute Gasteiger partial charge is 0.0824 e. The lowest BCUT2D eigenvalue weighted by atomic mass is 10.2. The fourth-order valence-electron chi connectivity index (χ4n) is 0.791. The molecular formula is C5H11NO.